The molecular formula is C38H31BrCl2N4O8S. The largest absolute Gasteiger partial charge is 0.496 e. The number of thiophene rings is 1. The number of rotatable bonds is 7. The highest BCUT2D eigenvalue weighted by molar-refractivity contribution is 9.11. The molecule has 0 unspecified atom stereocenters. The lowest BCUT2D eigenvalue weighted by Gasteiger charge is -2.23. The number of nitrogens with zero attached hydrogens (tertiary/aromatic N) is 4. The van der Waals surface area contributed by atoms with Crippen molar-refractivity contribution in [3.63, 3.8) is 0 Å². The number of methoxy groups -OCH3 is 1. The number of halogens is 3. The minimum atomic E-state index is -1.43. The van der Waals surface area contributed by atoms with Crippen LogP contribution >= 0.6 is 50.5 Å². The third-order valence-electron chi connectivity index (χ3n) is 8.80. The van der Waals surface area contributed by atoms with Gasteiger partial charge in [0.2, 0.25) is 12.0 Å². The Kier molecular flexibility index (Phi) is 11.1. The fourth-order valence-corrected chi connectivity index (χ4v) is 8.37. The van der Waals surface area contributed by atoms with Gasteiger partial charge in [-0.3, -0.25) is 0 Å². The number of hydrogen-bond donors (Lipinski definition) is 2. The second-order valence-corrected chi connectivity index (χ2v) is 15.3. The normalized spacial score (nSPS) is 15.5. The van der Waals surface area contributed by atoms with Gasteiger partial charge < -0.3 is 33.9 Å². The molecule has 0 fully saturated rings. The third kappa shape index (κ3) is 7.36. The van der Waals surface area contributed by atoms with E-state index in [9.17, 15) is 15.0 Å². The molecule has 3 aromatic carbocycles. The van der Waals surface area contributed by atoms with Crippen LogP contribution in [-0.4, -0.2) is 68.6 Å². The van der Waals surface area contributed by atoms with Crippen molar-refractivity contribution in [1.82, 2.24) is 19.9 Å². The number of aliphatic hydroxyl groups excluding tert-OH is 1. The highest BCUT2D eigenvalue weighted by Crippen LogP contribution is 2.51. The molecule has 6 aromatic rings. The quantitative estimate of drug-likeness (QED) is 0.159. The van der Waals surface area contributed by atoms with Crippen molar-refractivity contribution in [2.45, 2.75) is 39.1 Å². The van der Waals surface area contributed by atoms with E-state index >= 15 is 0 Å². The molecule has 54 heavy (non-hydrogen) atoms. The van der Waals surface area contributed by atoms with E-state index in [1.807, 2.05) is 38.1 Å². The summed E-state index contributed by atoms with van der Waals surface area (Å²) in [6.07, 6.45) is 0.519. The van der Waals surface area contributed by atoms with Gasteiger partial charge >= 0.3 is 5.97 Å². The SMILES string of the molecule is COc1ccccc1-c1nccc(COc2ccc3cc2C[C@H](C(=O)O)Oc2ncnc4sc(Br)c(c24)-c2c(C)c(Cl)c(c(Cl)c2C)O[C@H](CO)CO3)n1. The van der Waals surface area contributed by atoms with Crippen LogP contribution in [0.3, 0.4) is 0 Å². The summed E-state index contributed by atoms with van der Waals surface area (Å²) < 4.78 is 31.0. The molecule has 0 saturated heterocycles. The zero-order chi connectivity index (χ0) is 38.1. The molecule has 2 atom stereocenters. The molecule has 3 aromatic heterocycles. The Morgan fingerprint density at radius 2 is 1.80 bits per heavy atom. The van der Waals surface area contributed by atoms with Crippen molar-refractivity contribution in [3.05, 3.63) is 97.3 Å². The van der Waals surface area contributed by atoms with Gasteiger partial charge in [0.05, 0.1) is 44.2 Å². The van der Waals surface area contributed by atoms with Crippen molar-refractivity contribution >= 4 is 66.7 Å². The molecular weight excluding hydrogens is 823 g/mol. The summed E-state index contributed by atoms with van der Waals surface area (Å²) in [4.78, 5) is 31.4. The Labute approximate surface area is 331 Å². The number of aromatic nitrogens is 4. The van der Waals surface area contributed by atoms with Crippen LogP contribution in [0.25, 0.3) is 32.7 Å². The van der Waals surface area contributed by atoms with Gasteiger partial charge in [-0.05, 0) is 82.9 Å². The van der Waals surface area contributed by atoms with Crippen LogP contribution in [-0.2, 0) is 17.8 Å². The van der Waals surface area contributed by atoms with Gasteiger partial charge in [-0.25, -0.2) is 24.7 Å². The lowest BCUT2D eigenvalue weighted by Crippen LogP contribution is -2.30. The summed E-state index contributed by atoms with van der Waals surface area (Å²) in [5.74, 6) is 0.835. The summed E-state index contributed by atoms with van der Waals surface area (Å²) in [7, 11) is 1.58. The minimum Gasteiger partial charge on any atom is -0.496 e. The van der Waals surface area contributed by atoms with E-state index in [1.165, 1.54) is 17.7 Å². The Morgan fingerprint density at radius 1 is 1.02 bits per heavy atom. The highest BCUT2D eigenvalue weighted by Gasteiger charge is 2.30. The van der Waals surface area contributed by atoms with Crippen LogP contribution in [0.4, 0.5) is 0 Å². The van der Waals surface area contributed by atoms with Gasteiger partial charge in [0.1, 0.15) is 41.6 Å². The van der Waals surface area contributed by atoms with E-state index in [4.69, 9.17) is 46.9 Å². The molecule has 8 rings (SSSR count). The van der Waals surface area contributed by atoms with E-state index in [0.717, 1.165) is 5.56 Å². The number of carboxylic acids is 1. The first-order valence-electron chi connectivity index (χ1n) is 16.5. The van der Waals surface area contributed by atoms with Crippen LogP contribution in [0, 0.1) is 13.8 Å². The minimum absolute atomic E-state index is 0.0349. The maximum atomic E-state index is 12.9. The Morgan fingerprint density at radius 3 is 2.54 bits per heavy atom. The van der Waals surface area contributed by atoms with E-state index in [-0.39, 0.29) is 41.3 Å². The zero-order valence-electron chi connectivity index (χ0n) is 28.9. The number of aliphatic hydroxyl groups is 1. The number of fused-ring (bicyclic) bond motifs is 7. The van der Waals surface area contributed by atoms with Crippen LogP contribution in [0.1, 0.15) is 22.4 Å². The molecule has 5 heterocycles. The Hall–Kier alpha value is -4.73. The topological polar surface area (TPSA) is 155 Å². The van der Waals surface area contributed by atoms with E-state index in [1.54, 1.807) is 37.6 Å². The van der Waals surface area contributed by atoms with Gasteiger partial charge in [0.25, 0.3) is 0 Å². The molecule has 0 radical (unpaired) electrons. The van der Waals surface area contributed by atoms with Gasteiger partial charge in [-0.1, -0.05) is 35.3 Å². The Balaban J connectivity index is 1.30. The number of carboxylic acid groups (broad SMARTS) is 1. The van der Waals surface area contributed by atoms with Crippen molar-refractivity contribution in [2.24, 2.45) is 0 Å². The van der Waals surface area contributed by atoms with E-state index in [0.29, 0.717) is 70.6 Å². The van der Waals surface area contributed by atoms with Crippen molar-refractivity contribution in [2.75, 3.05) is 20.3 Å². The smallest absolute Gasteiger partial charge is 0.345 e. The van der Waals surface area contributed by atoms with Crippen LogP contribution in [0.5, 0.6) is 28.9 Å². The molecule has 0 amide bonds. The molecule has 4 bridgehead atoms. The average Bonchev–Trinajstić information content (AvgIpc) is 3.51. The summed E-state index contributed by atoms with van der Waals surface area (Å²) in [5.41, 5.74) is 4.33. The van der Waals surface area contributed by atoms with E-state index < -0.39 is 24.8 Å². The molecule has 2 N–H and O–H groups in total. The Bertz CT molecular complexity index is 2370. The number of ether oxygens (including phenoxy) is 5. The monoisotopic (exact) mass is 852 g/mol. The fraction of sp³-hybridized carbons (Fsp3) is 0.237. The highest BCUT2D eigenvalue weighted by atomic mass is 79.9. The molecule has 16 heteroatoms. The van der Waals surface area contributed by atoms with Crippen LogP contribution in [0.2, 0.25) is 10.0 Å². The van der Waals surface area contributed by atoms with Crippen LogP contribution < -0.4 is 23.7 Å². The maximum absolute atomic E-state index is 12.9. The molecule has 2 aliphatic heterocycles. The lowest BCUT2D eigenvalue weighted by molar-refractivity contribution is -0.145. The van der Waals surface area contributed by atoms with Gasteiger partial charge in [0.15, 0.2) is 17.7 Å². The molecule has 12 nitrogen and oxygen atoms in total. The standard InChI is InChI=1S/C38H31BrCl2N4O8S/c1-18-28-19(2)32(41)33(31(18)40)52-23(14-46)16-50-22-8-9-25(51-15-21-10-11-42-35(45-21)24-6-4-5-7-26(24)49-3)20(12-22)13-27(38(47)48)53-36-30-29(28)34(39)54-37(30)44-17-43-36/h4-12,17,23,27,46H,13-16H2,1-3H3,(H,47,48)/t23-,27-/m1/s1. The average molecular weight is 855 g/mol. The summed E-state index contributed by atoms with van der Waals surface area (Å²) in [6.45, 7) is 3.17. The van der Waals surface area contributed by atoms with Crippen molar-refractivity contribution in [1.29, 1.82) is 0 Å². The second-order valence-electron chi connectivity index (χ2n) is 12.2. The number of para-hydroxylation sites is 1. The molecule has 278 valence electrons. The first-order chi connectivity index (χ1) is 26.1. The van der Waals surface area contributed by atoms with Crippen LogP contribution in [0.15, 0.2) is 64.8 Å². The number of aliphatic carboxylic acids is 1. The second kappa shape index (κ2) is 15.9. The summed E-state index contributed by atoms with van der Waals surface area (Å²) in [6, 6.07) is 14.2. The maximum Gasteiger partial charge on any atom is 0.345 e. The lowest BCUT2D eigenvalue weighted by atomic mass is 9.95. The van der Waals surface area contributed by atoms with Crippen molar-refractivity contribution < 1.29 is 38.7 Å². The number of hydrogen-bond acceptors (Lipinski definition) is 12. The van der Waals surface area contributed by atoms with E-state index in [2.05, 4.69) is 35.9 Å². The van der Waals surface area contributed by atoms with Gasteiger partial charge in [-0.15, -0.1) is 11.3 Å². The molecule has 0 spiro atoms. The fourth-order valence-electron chi connectivity index (χ4n) is 6.14. The number of carbonyl (C=O) groups is 1. The number of benzene rings is 3. The molecule has 0 saturated carbocycles. The van der Waals surface area contributed by atoms with Gasteiger partial charge in [0, 0.05) is 23.7 Å². The third-order valence-corrected chi connectivity index (χ3v) is 11.5. The molecule has 2 aliphatic rings. The zero-order valence-corrected chi connectivity index (χ0v) is 32.8. The van der Waals surface area contributed by atoms with Gasteiger partial charge in [-0.2, -0.15) is 0 Å². The predicted octanol–water partition coefficient (Wildman–Crippen LogP) is 8.30. The molecule has 0 aliphatic carbocycles. The first-order valence-corrected chi connectivity index (χ1v) is 18.9. The predicted molar refractivity (Wildman–Crippen MR) is 208 cm³/mol. The summed E-state index contributed by atoms with van der Waals surface area (Å²) in [5, 5.41) is 21.8. The first kappa shape index (κ1) is 37.6. The summed E-state index contributed by atoms with van der Waals surface area (Å²) >= 11 is 18.9. The van der Waals surface area contributed by atoms with Crippen molar-refractivity contribution in [3.8, 4) is 51.4 Å².